The quantitative estimate of drug-likeness (QED) is 0.904. The Morgan fingerprint density at radius 1 is 1.39 bits per heavy atom. The molecule has 3 nitrogen and oxygen atoms in total. The highest BCUT2D eigenvalue weighted by molar-refractivity contribution is 5.76. The van der Waals surface area contributed by atoms with E-state index < -0.39 is 0 Å². The Labute approximate surface area is 107 Å². The lowest BCUT2D eigenvalue weighted by Gasteiger charge is -2.15. The van der Waals surface area contributed by atoms with Gasteiger partial charge in [0.05, 0.1) is 17.1 Å². The van der Waals surface area contributed by atoms with Gasteiger partial charge in [0.15, 0.2) is 0 Å². The van der Waals surface area contributed by atoms with Crippen molar-refractivity contribution in [1.29, 1.82) is 0 Å². The second kappa shape index (κ2) is 5.06. The van der Waals surface area contributed by atoms with Crippen LogP contribution in [0.2, 0.25) is 0 Å². The summed E-state index contributed by atoms with van der Waals surface area (Å²) in [5, 5.41) is 0. The second-order valence-corrected chi connectivity index (χ2v) is 5.08. The maximum Gasteiger partial charge on any atom is 0.126 e. The Kier molecular flexibility index (Phi) is 3.66. The Hall–Kier alpha value is -1.42. The highest BCUT2D eigenvalue weighted by atomic mass is 19.1. The third kappa shape index (κ3) is 2.38. The molecule has 1 atom stereocenters. The van der Waals surface area contributed by atoms with E-state index in [-0.39, 0.29) is 11.9 Å². The zero-order valence-electron chi connectivity index (χ0n) is 11.2. The van der Waals surface area contributed by atoms with Gasteiger partial charge in [0.25, 0.3) is 0 Å². The molecule has 2 aromatic rings. The number of imidazole rings is 1. The van der Waals surface area contributed by atoms with Gasteiger partial charge in [0.1, 0.15) is 11.6 Å². The molecule has 0 spiro atoms. The predicted molar refractivity (Wildman–Crippen MR) is 71.7 cm³/mol. The molecule has 1 aromatic heterocycles. The van der Waals surface area contributed by atoms with Gasteiger partial charge in [0.2, 0.25) is 0 Å². The average Bonchev–Trinajstić information content (AvgIpc) is 2.65. The zero-order chi connectivity index (χ0) is 13.3. The van der Waals surface area contributed by atoms with E-state index in [0.717, 1.165) is 24.3 Å². The lowest BCUT2D eigenvalue weighted by molar-refractivity contribution is 0.479. The summed E-state index contributed by atoms with van der Waals surface area (Å²) in [5.41, 5.74) is 7.84. The van der Waals surface area contributed by atoms with E-state index in [1.165, 1.54) is 12.1 Å². The summed E-state index contributed by atoms with van der Waals surface area (Å²) in [4.78, 5) is 4.50. The van der Waals surface area contributed by atoms with Crippen LogP contribution in [0.3, 0.4) is 0 Å². The van der Waals surface area contributed by atoms with Gasteiger partial charge in [-0.05, 0) is 31.4 Å². The number of hydrogen-bond donors (Lipinski definition) is 1. The minimum absolute atomic E-state index is 0.0968. The molecule has 2 N–H and O–H groups in total. The van der Waals surface area contributed by atoms with Crippen LogP contribution in [-0.4, -0.2) is 9.55 Å². The van der Waals surface area contributed by atoms with Gasteiger partial charge in [0, 0.05) is 12.6 Å². The smallest absolute Gasteiger partial charge is 0.126 e. The molecule has 2 rings (SSSR count). The topological polar surface area (TPSA) is 43.8 Å². The van der Waals surface area contributed by atoms with Crippen LogP contribution in [0.25, 0.3) is 11.0 Å². The second-order valence-electron chi connectivity index (χ2n) is 5.08. The van der Waals surface area contributed by atoms with Crippen molar-refractivity contribution in [1.82, 2.24) is 9.55 Å². The zero-order valence-corrected chi connectivity index (χ0v) is 11.2. The summed E-state index contributed by atoms with van der Waals surface area (Å²) in [6, 6.07) is 4.61. The van der Waals surface area contributed by atoms with Crippen molar-refractivity contribution in [2.45, 2.75) is 39.8 Å². The van der Waals surface area contributed by atoms with Gasteiger partial charge >= 0.3 is 0 Å². The van der Waals surface area contributed by atoms with Crippen LogP contribution in [0, 0.1) is 11.7 Å². The summed E-state index contributed by atoms with van der Waals surface area (Å²) < 4.78 is 15.3. The molecule has 0 aliphatic rings. The monoisotopic (exact) mass is 249 g/mol. The molecule has 0 aliphatic heterocycles. The molecule has 4 heteroatoms. The van der Waals surface area contributed by atoms with E-state index in [9.17, 15) is 4.39 Å². The molecular formula is C14H20FN3. The number of benzene rings is 1. The molecule has 98 valence electrons. The van der Waals surface area contributed by atoms with Crippen molar-refractivity contribution in [3.05, 3.63) is 29.8 Å². The number of aromatic nitrogens is 2. The van der Waals surface area contributed by atoms with Crippen LogP contribution in [0.1, 0.15) is 39.1 Å². The highest BCUT2D eigenvalue weighted by Crippen LogP contribution is 2.24. The van der Waals surface area contributed by atoms with Crippen molar-refractivity contribution >= 4 is 11.0 Å². The standard InChI is InChI=1S/C14H20FN3/c1-4-18-13-6-5-10(15)8-12(13)17-14(18)11(16)7-9(2)3/h5-6,8-9,11H,4,7,16H2,1-3H3. The summed E-state index contributed by atoms with van der Waals surface area (Å²) in [6.07, 6.45) is 0.881. The third-order valence-electron chi connectivity index (χ3n) is 3.11. The maximum atomic E-state index is 13.2. The molecule has 1 aromatic carbocycles. The highest BCUT2D eigenvalue weighted by Gasteiger charge is 2.17. The van der Waals surface area contributed by atoms with Gasteiger partial charge in [-0.2, -0.15) is 0 Å². The number of aryl methyl sites for hydroxylation is 1. The number of hydrogen-bond acceptors (Lipinski definition) is 2. The van der Waals surface area contributed by atoms with Crippen LogP contribution in [0.15, 0.2) is 18.2 Å². The normalized spacial score (nSPS) is 13.4. The van der Waals surface area contributed by atoms with Crippen LogP contribution >= 0.6 is 0 Å². The Morgan fingerprint density at radius 3 is 2.72 bits per heavy atom. The van der Waals surface area contributed by atoms with Crippen LogP contribution < -0.4 is 5.73 Å². The van der Waals surface area contributed by atoms with Crippen molar-refractivity contribution in [2.75, 3.05) is 0 Å². The van der Waals surface area contributed by atoms with E-state index in [0.29, 0.717) is 11.4 Å². The maximum absolute atomic E-state index is 13.2. The fourth-order valence-corrected chi connectivity index (χ4v) is 2.35. The molecule has 1 heterocycles. The Balaban J connectivity index is 2.49. The van der Waals surface area contributed by atoms with Gasteiger partial charge < -0.3 is 10.3 Å². The van der Waals surface area contributed by atoms with Crippen molar-refractivity contribution in [2.24, 2.45) is 11.7 Å². The molecule has 0 aliphatic carbocycles. The van der Waals surface area contributed by atoms with Crippen molar-refractivity contribution in [3.63, 3.8) is 0 Å². The van der Waals surface area contributed by atoms with Gasteiger partial charge in [-0.15, -0.1) is 0 Å². The molecule has 0 amide bonds. The lowest BCUT2D eigenvalue weighted by Crippen LogP contribution is -2.18. The SMILES string of the molecule is CCn1c(C(N)CC(C)C)nc2cc(F)ccc21. The molecule has 0 saturated heterocycles. The lowest BCUT2D eigenvalue weighted by atomic mass is 10.0. The van der Waals surface area contributed by atoms with Crippen molar-refractivity contribution < 1.29 is 4.39 Å². The van der Waals surface area contributed by atoms with E-state index >= 15 is 0 Å². The van der Waals surface area contributed by atoms with Crippen molar-refractivity contribution in [3.8, 4) is 0 Å². The largest absolute Gasteiger partial charge is 0.327 e. The van der Waals surface area contributed by atoms with E-state index in [1.807, 2.05) is 0 Å². The molecule has 1 unspecified atom stereocenters. The van der Waals surface area contributed by atoms with E-state index in [1.54, 1.807) is 6.07 Å². The summed E-state index contributed by atoms with van der Waals surface area (Å²) >= 11 is 0. The summed E-state index contributed by atoms with van der Waals surface area (Å²) in [6.45, 7) is 7.12. The van der Waals surface area contributed by atoms with Gasteiger partial charge in [-0.3, -0.25) is 0 Å². The molecule has 0 bridgehead atoms. The first-order valence-electron chi connectivity index (χ1n) is 6.44. The van der Waals surface area contributed by atoms with Crippen LogP contribution in [0.4, 0.5) is 4.39 Å². The fourth-order valence-electron chi connectivity index (χ4n) is 2.35. The number of halogens is 1. The molecular weight excluding hydrogens is 229 g/mol. The molecule has 0 radical (unpaired) electrons. The predicted octanol–water partition coefficient (Wildman–Crippen LogP) is 3.24. The first kappa shape index (κ1) is 13.0. The average molecular weight is 249 g/mol. The number of fused-ring (bicyclic) bond motifs is 1. The minimum Gasteiger partial charge on any atom is -0.327 e. The van der Waals surface area contributed by atoms with Gasteiger partial charge in [-0.1, -0.05) is 13.8 Å². The van der Waals surface area contributed by atoms with Crippen LogP contribution in [0.5, 0.6) is 0 Å². The van der Waals surface area contributed by atoms with Gasteiger partial charge in [-0.25, -0.2) is 9.37 Å². The van der Waals surface area contributed by atoms with E-state index in [4.69, 9.17) is 5.73 Å². The number of nitrogens with two attached hydrogens (primary N) is 1. The third-order valence-corrected chi connectivity index (χ3v) is 3.11. The summed E-state index contributed by atoms with van der Waals surface area (Å²) in [5.74, 6) is 1.11. The molecule has 0 fully saturated rings. The Morgan fingerprint density at radius 2 is 2.11 bits per heavy atom. The summed E-state index contributed by atoms with van der Waals surface area (Å²) in [7, 11) is 0. The first-order valence-corrected chi connectivity index (χ1v) is 6.44. The van der Waals surface area contributed by atoms with E-state index in [2.05, 4.69) is 30.3 Å². The fraction of sp³-hybridized carbons (Fsp3) is 0.500. The first-order chi connectivity index (χ1) is 8.52. The minimum atomic E-state index is -0.257. The molecule has 18 heavy (non-hydrogen) atoms. The number of rotatable bonds is 4. The molecule has 0 saturated carbocycles. The van der Waals surface area contributed by atoms with Crippen LogP contribution in [-0.2, 0) is 6.54 Å². The number of nitrogens with zero attached hydrogens (tertiary/aromatic N) is 2. The Bertz CT molecular complexity index is 545.